The summed E-state index contributed by atoms with van der Waals surface area (Å²) in [6.07, 6.45) is 3.72. The van der Waals surface area contributed by atoms with E-state index in [1.807, 2.05) is 0 Å². The summed E-state index contributed by atoms with van der Waals surface area (Å²) >= 11 is 0. The SMILES string of the molecule is CCN(CC)CCCNCc1nccn1C(F)F. The Bertz CT molecular complexity index is 324. The molecule has 6 heteroatoms. The molecule has 1 N–H and O–H groups in total. The second-order valence-corrected chi connectivity index (χ2v) is 4.09. The van der Waals surface area contributed by atoms with Crippen LogP contribution in [-0.4, -0.2) is 40.6 Å². The largest absolute Gasteiger partial charge is 0.319 e. The van der Waals surface area contributed by atoms with Crippen molar-refractivity contribution >= 4 is 0 Å². The minimum atomic E-state index is -2.51. The second kappa shape index (κ2) is 8.16. The number of nitrogens with one attached hydrogen (secondary N) is 1. The van der Waals surface area contributed by atoms with E-state index in [1.54, 1.807) is 0 Å². The Labute approximate surface area is 107 Å². The van der Waals surface area contributed by atoms with E-state index in [4.69, 9.17) is 0 Å². The Balaban J connectivity index is 2.20. The first kappa shape index (κ1) is 15.0. The van der Waals surface area contributed by atoms with Gasteiger partial charge in [0.15, 0.2) is 0 Å². The predicted octanol–water partition coefficient (Wildman–Crippen LogP) is 2.10. The Morgan fingerprint density at radius 2 is 2.11 bits per heavy atom. The smallest absolute Gasteiger partial charge is 0.310 e. The summed E-state index contributed by atoms with van der Waals surface area (Å²) in [7, 11) is 0. The lowest BCUT2D eigenvalue weighted by molar-refractivity contribution is 0.0666. The Hall–Kier alpha value is -1.01. The van der Waals surface area contributed by atoms with E-state index in [2.05, 4.69) is 29.0 Å². The molecule has 0 saturated carbocycles. The Morgan fingerprint density at radius 1 is 1.39 bits per heavy atom. The number of halogens is 2. The van der Waals surface area contributed by atoms with Gasteiger partial charge in [-0.05, 0) is 32.6 Å². The second-order valence-electron chi connectivity index (χ2n) is 4.09. The van der Waals surface area contributed by atoms with Crippen LogP contribution in [0.15, 0.2) is 12.4 Å². The third kappa shape index (κ3) is 4.70. The Morgan fingerprint density at radius 3 is 2.72 bits per heavy atom. The van der Waals surface area contributed by atoms with Crippen LogP contribution in [0.2, 0.25) is 0 Å². The molecule has 0 radical (unpaired) electrons. The van der Waals surface area contributed by atoms with Crippen molar-refractivity contribution in [3.05, 3.63) is 18.2 Å². The summed E-state index contributed by atoms with van der Waals surface area (Å²) in [5.41, 5.74) is 0. The molecule has 1 rings (SSSR count). The maximum atomic E-state index is 12.5. The highest BCUT2D eigenvalue weighted by atomic mass is 19.3. The van der Waals surface area contributed by atoms with E-state index in [9.17, 15) is 8.78 Å². The van der Waals surface area contributed by atoms with Crippen molar-refractivity contribution in [1.29, 1.82) is 0 Å². The summed E-state index contributed by atoms with van der Waals surface area (Å²) < 4.78 is 25.9. The number of aromatic nitrogens is 2. The van der Waals surface area contributed by atoms with E-state index in [0.717, 1.165) is 37.2 Å². The number of alkyl halides is 2. The molecule has 0 aliphatic rings. The summed E-state index contributed by atoms with van der Waals surface area (Å²) in [4.78, 5) is 6.25. The van der Waals surface area contributed by atoms with E-state index >= 15 is 0 Å². The molecular formula is C12H22F2N4. The third-order valence-electron chi connectivity index (χ3n) is 2.96. The maximum Gasteiger partial charge on any atom is 0.319 e. The minimum Gasteiger partial charge on any atom is -0.310 e. The molecule has 1 aromatic heterocycles. The molecule has 0 aliphatic carbocycles. The predicted molar refractivity (Wildman–Crippen MR) is 67.6 cm³/mol. The van der Waals surface area contributed by atoms with Crippen molar-refractivity contribution in [3.8, 4) is 0 Å². The quantitative estimate of drug-likeness (QED) is 0.690. The van der Waals surface area contributed by atoms with Crippen LogP contribution in [0.25, 0.3) is 0 Å². The van der Waals surface area contributed by atoms with Gasteiger partial charge in [-0.25, -0.2) is 4.98 Å². The molecule has 0 fully saturated rings. The number of imidazole rings is 1. The molecule has 0 unspecified atom stereocenters. The molecule has 0 aromatic carbocycles. The lowest BCUT2D eigenvalue weighted by Crippen LogP contribution is -2.27. The van der Waals surface area contributed by atoms with E-state index < -0.39 is 6.55 Å². The Kier molecular flexibility index (Phi) is 6.82. The number of nitrogens with zero attached hydrogens (tertiary/aromatic N) is 3. The van der Waals surface area contributed by atoms with Crippen molar-refractivity contribution in [2.24, 2.45) is 0 Å². The van der Waals surface area contributed by atoms with Crippen molar-refractivity contribution in [3.63, 3.8) is 0 Å². The highest BCUT2D eigenvalue weighted by molar-refractivity contribution is 4.92. The van der Waals surface area contributed by atoms with Crippen LogP contribution in [0.1, 0.15) is 32.6 Å². The summed E-state index contributed by atoms with van der Waals surface area (Å²) in [5, 5.41) is 3.14. The van der Waals surface area contributed by atoms with Crippen LogP contribution in [-0.2, 0) is 6.54 Å². The van der Waals surface area contributed by atoms with Crippen LogP contribution < -0.4 is 5.32 Å². The van der Waals surface area contributed by atoms with Crippen LogP contribution >= 0.6 is 0 Å². The van der Waals surface area contributed by atoms with Gasteiger partial charge in [-0.3, -0.25) is 4.57 Å². The molecule has 18 heavy (non-hydrogen) atoms. The van der Waals surface area contributed by atoms with Crippen LogP contribution in [0, 0.1) is 0 Å². The zero-order chi connectivity index (χ0) is 13.4. The third-order valence-corrected chi connectivity index (χ3v) is 2.96. The highest BCUT2D eigenvalue weighted by Crippen LogP contribution is 2.11. The van der Waals surface area contributed by atoms with E-state index in [0.29, 0.717) is 12.4 Å². The molecule has 1 heterocycles. The van der Waals surface area contributed by atoms with Gasteiger partial charge in [0.1, 0.15) is 5.82 Å². The van der Waals surface area contributed by atoms with Gasteiger partial charge in [0, 0.05) is 12.4 Å². The molecule has 0 aliphatic heterocycles. The first-order chi connectivity index (χ1) is 8.69. The summed E-state index contributed by atoms with van der Waals surface area (Å²) in [6.45, 7) is 6.08. The van der Waals surface area contributed by atoms with Crippen molar-refractivity contribution in [2.45, 2.75) is 33.4 Å². The molecule has 0 atom stereocenters. The molecule has 0 saturated heterocycles. The maximum absolute atomic E-state index is 12.5. The summed E-state index contributed by atoms with van der Waals surface area (Å²) in [6, 6.07) is 0. The van der Waals surface area contributed by atoms with Crippen LogP contribution in [0.3, 0.4) is 0 Å². The van der Waals surface area contributed by atoms with Crippen LogP contribution in [0.4, 0.5) is 8.78 Å². The molecule has 0 amide bonds. The lowest BCUT2D eigenvalue weighted by atomic mass is 10.3. The average molecular weight is 260 g/mol. The topological polar surface area (TPSA) is 33.1 Å². The normalized spacial score (nSPS) is 11.7. The molecule has 4 nitrogen and oxygen atoms in total. The van der Waals surface area contributed by atoms with Gasteiger partial charge in [-0.1, -0.05) is 13.8 Å². The highest BCUT2D eigenvalue weighted by Gasteiger charge is 2.10. The molecule has 104 valence electrons. The lowest BCUT2D eigenvalue weighted by Gasteiger charge is -2.17. The monoisotopic (exact) mass is 260 g/mol. The molecule has 0 spiro atoms. The van der Waals surface area contributed by atoms with Gasteiger partial charge < -0.3 is 10.2 Å². The van der Waals surface area contributed by atoms with E-state index in [-0.39, 0.29) is 0 Å². The van der Waals surface area contributed by atoms with Gasteiger partial charge in [0.2, 0.25) is 0 Å². The van der Waals surface area contributed by atoms with Gasteiger partial charge >= 0.3 is 6.55 Å². The zero-order valence-electron chi connectivity index (χ0n) is 11.1. The van der Waals surface area contributed by atoms with Gasteiger partial charge in [-0.2, -0.15) is 8.78 Å². The molecule has 0 bridgehead atoms. The van der Waals surface area contributed by atoms with Gasteiger partial charge in [0.25, 0.3) is 0 Å². The fourth-order valence-electron chi connectivity index (χ4n) is 1.83. The van der Waals surface area contributed by atoms with Crippen molar-refractivity contribution < 1.29 is 8.78 Å². The fourth-order valence-corrected chi connectivity index (χ4v) is 1.83. The molecule has 1 aromatic rings. The average Bonchev–Trinajstić information content (AvgIpc) is 2.82. The number of hydrogen-bond acceptors (Lipinski definition) is 3. The van der Waals surface area contributed by atoms with E-state index in [1.165, 1.54) is 12.4 Å². The van der Waals surface area contributed by atoms with Crippen LogP contribution in [0.5, 0.6) is 0 Å². The van der Waals surface area contributed by atoms with Gasteiger partial charge in [-0.15, -0.1) is 0 Å². The fraction of sp³-hybridized carbons (Fsp3) is 0.750. The standard InChI is InChI=1S/C12H22F2N4/c1-3-17(4-2)8-5-6-15-10-11-16-7-9-18(11)12(13)14/h7,9,12,15H,3-6,8,10H2,1-2H3. The van der Waals surface area contributed by atoms with Crippen molar-refractivity contribution in [1.82, 2.24) is 19.8 Å². The number of rotatable bonds is 9. The number of hydrogen-bond donors (Lipinski definition) is 1. The zero-order valence-corrected chi connectivity index (χ0v) is 11.1. The summed E-state index contributed by atoms with van der Waals surface area (Å²) in [5.74, 6) is 0.382. The first-order valence-corrected chi connectivity index (χ1v) is 6.42. The van der Waals surface area contributed by atoms with Crippen molar-refractivity contribution in [2.75, 3.05) is 26.2 Å². The minimum absolute atomic E-state index is 0.382. The molecular weight excluding hydrogens is 238 g/mol. The first-order valence-electron chi connectivity index (χ1n) is 6.42. The van der Waals surface area contributed by atoms with Gasteiger partial charge in [0.05, 0.1) is 6.54 Å².